The van der Waals surface area contributed by atoms with Gasteiger partial charge in [0.2, 0.25) is 0 Å². The molecule has 0 aromatic heterocycles. The summed E-state index contributed by atoms with van der Waals surface area (Å²) < 4.78 is 11.3. The van der Waals surface area contributed by atoms with E-state index in [2.05, 4.69) is 5.32 Å². The number of nitrogens with one attached hydrogen (secondary N) is 1. The second-order valence-corrected chi connectivity index (χ2v) is 6.33. The maximum absolute atomic E-state index is 12.5. The van der Waals surface area contributed by atoms with E-state index in [9.17, 15) is 4.79 Å². The normalized spacial score (nSPS) is 22.3. The van der Waals surface area contributed by atoms with E-state index in [-0.39, 0.29) is 12.0 Å². The molecule has 2 aliphatic rings. The molecule has 23 heavy (non-hydrogen) atoms. The number of ether oxygens (including phenoxy) is 2. The van der Waals surface area contributed by atoms with Gasteiger partial charge in [0.05, 0.1) is 6.10 Å². The summed E-state index contributed by atoms with van der Waals surface area (Å²) in [5, 5.41) is 3.28. The van der Waals surface area contributed by atoms with Crippen LogP contribution in [0.4, 0.5) is 0 Å². The number of piperidine rings is 1. The average Bonchev–Trinajstić information content (AvgIpc) is 3.13. The van der Waals surface area contributed by atoms with E-state index in [1.54, 1.807) is 0 Å². The maximum atomic E-state index is 12.5. The van der Waals surface area contributed by atoms with Gasteiger partial charge in [-0.25, -0.2) is 0 Å². The van der Waals surface area contributed by atoms with Crippen LogP contribution in [0.3, 0.4) is 0 Å². The fraction of sp³-hybridized carbons (Fsp3) is 0.611. The summed E-state index contributed by atoms with van der Waals surface area (Å²) in [4.78, 5) is 14.5. The van der Waals surface area contributed by atoms with E-state index in [1.807, 2.05) is 36.2 Å². The summed E-state index contributed by atoms with van der Waals surface area (Å²) in [6.07, 6.45) is 4.44. The molecule has 0 radical (unpaired) electrons. The van der Waals surface area contributed by atoms with Crippen molar-refractivity contribution in [3.05, 3.63) is 29.8 Å². The van der Waals surface area contributed by atoms with Crippen molar-refractivity contribution in [2.75, 3.05) is 33.4 Å². The van der Waals surface area contributed by atoms with Crippen LogP contribution in [0.25, 0.3) is 0 Å². The highest BCUT2D eigenvalue weighted by molar-refractivity contribution is 5.94. The Morgan fingerprint density at radius 2 is 2.00 bits per heavy atom. The molecule has 1 N–H and O–H groups in total. The summed E-state index contributed by atoms with van der Waals surface area (Å²) in [6, 6.07) is 8.01. The molecular weight excluding hydrogens is 292 g/mol. The molecule has 5 heteroatoms. The zero-order valence-electron chi connectivity index (χ0n) is 13.8. The molecule has 5 nitrogen and oxygen atoms in total. The van der Waals surface area contributed by atoms with E-state index in [4.69, 9.17) is 9.47 Å². The first-order valence-corrected chi connectivity index (χ1v) is 8.57. The predicted molar refractivity (Wildman–Crippen MR) is 88.9 cm³/mol. The van der Waals surface area contributed by atoms with E-state index in [0.29, 0.717) is 12.6 Å². The summed E-state index contributed by atoms with van der Waals surface area (Å²) in [7, 11) is 1.98. The number of benzene rings is 1. The maximum Gasteiger partial charge on any atom is 0.253 e. The number of amides is 1. The largest absolute Gasteiger partial charge is 0.491 e. The topological polar surface area (TPSA) is 50.8 Å². The summed E-state index contributed by atoms with van der Waals surface area (Å²) in [6.45, 7) is 3.07. The fourth-order valence-electron chi connectivity index (χ4n) is 3.21. The molecule has 3 rings (SSSR count). The molecule has 1 atom stereocenters. The highest BCUT2D eigenvalue weighted by Crippen LogP contribution is 2.19. The van der Waals surface area contributed by atoms with Gasteiger partial charge in [-0.05, 0) is 57.0 Å². The summed E-state index contributed by atoms with van der Waals surface area (Å²) >= 11 is 0. The lowest BCUT2D eigenvalue weighted by atomic mass is 10.0. The third-order valence-corrected chi connectivity index (χ3v) is 4.75. The Bertz CT molecular complexity index is 504. The van der Waals surface area contributed by atoms with Crippen molar-refractivity contribution in [3.8, 4) is 5.75 Å². The van der Waals surface area contributed by atoms with Crippen LogP contribution in [0.5, 0.6) is 5.75 Å². The minimum atomic E-state index is 0.116. The van der Waals surface area contributed by atoms with E-state index < -0.39 is 0 Å². The molecule has 126 valence electrons. The minimum absolute atomic E-state index is 0.116. The van der Waals surface area contributed by atoms with Crippen molar-refractivity contribution in [2.45, 2.75) is 37.8 Å². The Morgan fingerprint density at radius 3 is 2.61 bits per heavy atom. The third kappa shape index (κ3) is 4.24. The molecule has 1 aromatic rings. The molecule has 2 heterocycles. The van der Waals surface area contributed by atoms with E-state index in [0.717, 1.165) is 56.7 Å². The van der Waals surface area contributed by atoms with E-state index >= 15 is 0 Å². The van der Waals surface area contributed by atoms with Gasteiger partial charge in [0, 0.05) is 31.3 Å². The van der Waals surface area contributed by atoms with Crippen molar-refractivity contribution in [3.63, 3.8) is 0 Å². The summed E-state index contributed by atoms with van der Waals surface area (Å²) in [5.41, 5.74) is 0.734. The SMILES string of the molecule is CNC1CCN(C(=O)c2ccc(OCC3CCCO3)cc2)CC1. The van der Waals surface area contributed by atoms with Gasteiger partial charge in [-0.2, -0.15) is 0 Å². The van der Waals surface area contributed by atoms with Crippen LogP contribution in [0, 0.1) is 0 Å². The van der Waals surface area contributed by atoms with E-state index in [1.165, 1.54) is 0 Å². The number of hydrogen-bond donors (Lipinski definition) is 1. The minimum Gasteiger partial charge on any atom is -0.491 e. The lowest BCUT2D eigenvalue weighted by molar-refractivity contribution is 0.0677. The van der Waals surface area contributed by atoms with Gasteiger partial charge >= 0.3 is 0 Å². The second-order valence-electron chi connectivity index (χ2n) is 6.33. The molecule has 0 aliphatic carbocycles. The molecule has 0 spiro atoms. The van der Waals surface area contributed by atoms with Crippen molar-refractivity contribution >= 4 is 5.91 Å². The lowest BCUT2D eigenvalue weighted by Gasteiger charge is -2.31. The molecule has 1 amide bonds. The Morgan fingerprint density at radius 1 is 1.26 bits per heavy atom. The van der Waals surface area contributed by atoms with Crippen molar-refractivity contribution < 1.29 is 14.3 Å². The van der Waals surface area contributed by atoms with Crippen LogP contribution in [0.15, 0.2) is 24.3 Å². The Kier molecular flexibility index (Phi) is 5.51. The van der Waals surface area contributed by atoms with Gasteiger partial charge < -0.3 is 19.7 Å². The number of carbonyl (C=O) groups excluding carboxylic acids is 1. The van der Waals surface area contributed by atoms with Crippen LogP contribution in [0.1, 0.15) is 36.0 Å². The predicted octanol–water partition coefficient (Wildman–Crippen LogP) is 2.07. The highest BCUT2D eigenvalue weighted by Gasteiger charge is 2.22. The van der Waals surface area contributed by atoms with Crippen LogP contribution < -0.4 is 10.1 Å². The Hall–Kier alpha value is -1.59. The first-order valence-electron chi connectivity index (χ1n) is 8.57. The third-order valence-electron chi connectivity index (χ3n) is 4.75. The van der Waals surface area contributed by atoms with Crippen molar-refractivity contribution in [1.82, 2.24) is 10.2 Å². The summed E-state index contributed by atoms with van der Waals surface area (Å²) in [5.74, 6) is 0.913. The molecular formula is C18H26N2O3. The number of hydrogen-bond acceptors (Lipinski definition) is 4. The molecule has 2 fully saturated rings. The number of nitrogens with zero attached hydrogens (tertiary/aromatic N) is 1. The first kappa shape index (κ1) is 16.3. The fourth-order valence-corrected chi connectivity index (χ4v) is 3.21. The van der Waals surface area contributed by atoms with Gasteiger partial charge in [0.25, 0.3) is 5.91 Å². The molecule has 1 unspecified atom stereocenters. The molecule has 0 bridgehead atoms. The zero-order valence-corrected chi connectivity index (χ0v) is 13.8. The zero-order chi connectivity index (χ0) is 16.1. The highest BCUT2D eigenvalue weighted by atomic mass is 16.5. The Balaban J connectivity index is 1.51. The van der Waals surface area contributed by atoms with Gasteiger partial charge in [0.1, 0.15) is 12.4 Å². The van der Waals surface area contributed by atoms with Crippen LogP contribution in [-0.2, 0) is 4.74 Å². The van der Waals surface area contributed by atoms with Crippen molar-refractivity contribution in [2.24, 2.45) is 0 Å². The number of rotatable bonds is 5. The van der Waals surface area contributed by atoms with Gasteiger partial charge in [-0.3, -0.25) is 4.79 Å². The van der Waals surface area contributed by atoms with Gasteiger partial charge in [0.15, 0.2) is 0 Å². The smallest absolute Gasteiger partial charge is 0.253 e. The van der Waals surface area contributed by atoms with Crippen LogP contribution >= 0.6 is 0 Å². The number of carbonyl (C=O) groups is 1. The average molecular weight is 318 g/mol. The molecule has 1 aromatic carbocycles. The quantitative estimate of drug-likeness (QED) is 0.903. The first-order chi connectivity index (χ1) is 11.3. The number of likely N-dealkylation sites (tertiary alicyclic amines) is 1. The second kappa shape index (κ2) is 7.79. The lowest BCUT2D eigenvalue weighted by Crippen LogP contribution is -2.43. The molecule has 2 saturated heterocycles. The van der Waals surface area contributed by atoms with Gasteiger partial charge in [-0.1, -0.05) is 0 Å². The van der Waals surface area contributed by atoms with Crippen LogP contribution in [-0.4, -0.2) is 56.3 Å². The Labute approximate surface area is 137 Å². The monoisotopic (exact) mass is 318 g/mol. The molecule has 0 saturated carbocycles. The molecule has 2 aliphatic heterocycles. The van der Waals surface area contributed by atoms with Crippen molar-refractivity contribution in [1.29, 1.82) is 0 Å². The van der Waals surface area contributed by atoms with Gasteiger partial charge in [-0.15, -0.1) is 0 Å². The van der Waals surface area contributed by atoms with Crippen LogP contribution in [0.2, 0.25) is 0 Å². The standard InChI is InChI=1S/C18H26N2O3/c1-19-15-8-10-20(11-9-15)18(21)14-4-6-16(7-5-14)23-13-17-3-2-12-22-17/h4-7,15,17,19H,2-3,8-13H2,1H3.